The number of imidazole rings is 1. The van der Waals surface area contributed by atoms with Crippen LogP contribution in [-0.4, -0.2) is 38.4 Å². The topological polar surface area (TPSA) is 51.0 Å². The average Bonchev–Trinajstić information content (AvgIpc) is 3.17. The largest absolute Gasteiger partial charge is 0.336 e. The Hall–Kier alpha value is -1.69. The lowest BCUT2D eigenvalue weighted by Gasteiger charge is -2.33. The maximum Gasteiger partial charge on any atom is 0.265 e. The van der Waals surface area contributed by atoms with Crippen molar-refractivity contribution < 1.29 is 4.79 Å². The molecule has 106 valence electrons. The van der Waals surface area contributed by atoms with Crippen molar-refractivity contribution in [3.05, 3.63) is 34.8 Å². The van der Waals surface area contributed by atoms with Gasteiger partial charge in [-0.05, 0) is 19.3 Å². The first kappa shape index (κ1) is 13.3. The van der Waals surface area contributed by atoms with E-state index in [1.807, 2.05) is 17.4 Å². The van der Waals surface area contributed by atoms with Crippen molar-refractivity contribution in [3.63, 3.8) is 0 Å². The van der Waals surface area contributed by atoms with Crippen molar-refractivity contribution >= 4 is 17.2 Å². The minimum absolute atomic E-state index is 0.118. The van der Waals surface area contributed by atoms with Gasteiger partial charge in [0.05, 0.1) is 23.6 Å². The lowest BCUT2D eigenvalue weighted by molar-refractivity contribution is 0.0684. The number of nitrogens with zero attached hydrogens (tertiary/aromatic N) is 4. The summed E-state index contributed by atoms with van der Waals surface area (Å²) in [7, 11) is 0. The molecule has 1 fully saturated rings. The third-order valence-electron chi connectivity index (χ3n) is 3.70. The fourth-order valence-corrected chi connectivity index (χ4v) is 3.42. The molecule has 0 aliphatic carbocycles. The van der Waals surface area contributed by atoms with Gasteiger partial charge in [-0.3, -0.25) is 4.79 Å². The summed E-state index contributed by atoms with van der Waals surface area (Å²) in [4.78, 5) is 23.6. The van der Waals surface area contributed by atoms with Gasteiger partial charge in [0.25, 0.3) is 5.91 Å². The van der Waals surface area contributed by atoms with Crippen molar-refractivity contribution in [2.24, 2.45) is 0 Å². The predicted molar refractivity (Wildman–Crippen MR) is 77.9 cm³/mol. The van der Waals surface area contributed by atoms with E-state index < -0.39 is 0 Å². The standard InChI is InChI=1S/C14H18N4OS/c1-2-13-16-8-12(20-13)14(19)17-6-3-4-11(9-17)18-7-5-15-10-18/h5,7-8,10-11H,2-4,6,9H2,1H3/t11-/m1/s1. The number of likely N-dealkylation sites (tertiary alicyclic amines) is 1. The van der Waals surface area contributed by atoms with E-state index in [2.05, 4.69) is 21.5 Å². The first-order valence-corrected chi connectivity index (χ1v) is 7.81. The number of aryl methyl sites for hydroxylation is 1. The highest BCUT2D eigenvalue weighted by atomic mass is 32.1. The van der Waals surface area contributed by atoms with Gasteiger partial charge in [0.2, 0.25) is 0 Å². The molecule has 0 radical (unpaired) electrons. The van der Waals surface area contributed by atoms with Crippen molar-refractivity contribution in [2.45, 2.75) is 32.2 Å². The van der Waals surface area contributed by atoms with Gasteiger partial charge in [-0.2, -0.15) is 0 Å². The Morgan fingerprint density at radius 2 is 2.45 bits per heavy atom. The second kappa shape index (κ2) is 5.75. The number of piperidine rings is 1. The maximum atomic E-state index is 12.5. The molecule has 0 bridgehead atoms. The summed E-state index contributed by atoms with van der Waals surface area (Å²) in [5, 5.41) is 1.02. The summed E-state index contributed by atoms with van der Waals surface area (Å²) in [6, 6.07) is 0.341. The van der Waals surface area contributed by atoms with E-state index in [0.29, 0.717) is 6.04 Å². The van der Waals surface area contributed by atoms with Gasteiger partial charge < -0.3 is 9.47 Å². The quantitative estimate of drug-likeness (QED) is 0.872. The molecule has 0 N–H and O–H groups in total. The zero-order chi connectivity index (χ0) is 13.9. The maximum absolute atomic E-state index is 12.5. The van der Waals surface area contributed by atoms with Crippen molar-refractivity contribution in [1.82, 2.24) is 19.4 Å². The Morgan fingerprint density at radius 3 is 3.15 bits per heavy atom. The van der Waals surface area contributed by atoms with Crippen LogP contribution in [0.4, 0.5) is 0 Å². The number of hydrogen-bond donors (Lipinski definition) is 0. The second-order valence-electron chi connectivity index (χ2n) is 5.03. The Bertz CT molecular complexity index is 578. The molecule has 1 aliphatic rings. The molecule has 0 spiro atoms. The monoisotopic (exact) mass is 290 g/mol. The van der Waals surface area contributed by atoms with Crippen molar-refractivity contribution in [1.29, 1.82) is 0 Å². The molecule has 6 heteroatoms. The molecule has 2 aromatic rings. The van der Waals surface area contributed by atoms with Gasteiger partial charge in [0.1, 0.15) is 4.88 Å². The summed E-state index contributed by atoms with van der Waals surface area (Å²) >= 11 is 1.51. The van der Waals surface area contributed by atoms with Crippen LogP contribution < -0.4 is 0 Å². The number of amides is 1. The molecular weight excluding hydrogens is 272 g/mol. The van der Waals surface area contributed by atoms with Gasteiger partial charge >= 0.3 is 0 Å². The molecule has 0 unspecified atom stereocenters. The number of carbonyl (C=O) groups excluding carboxylic acids is 1. The smallest absolute Gasteiger partial charge is 0.265 e. The highest BCUT2D eigenvalue weighted by Gasteiger charge is 2.26. The van der Waals surface area contributed by atoms with Crippen LogP contribution in [0.2, 0.25) is 0 Å². The normalized spacial score (nSPS) is 19.2. The van der Waals surface area contributed by atoms with E-state index in [1.165, 1.54) is 11.3 Å². The second-order valence-corrected chi connectivity index (χ2v) is 6.14. The molecular formula is C14H18N4OS. The molecule has 0 aromatic carbocycles. The van der Waals surface area contributed by atoms with E-state index in [1.54, 1.807) is 12.4 Å². The lowest BCUT2D eigenvalue weighted by Crippen LogP contribution is -2.40. The highest BCUT2D eigenvalue weighted by Crippen LogP contribution is 2.24. The van der Waals surface area contributed by atoms with Crippen LogP contribution >= 0.6 is 11.3 Å². The van der Waals surface area contributed by atoms with E-state index in [0.717, 1.165) is 42.2 Å². The van der Waals surface area contributed by atoms with Crippen LogP contribution in [0.3, 0.4) is 0 Å². The van der Waals surface area contributed by atoms with Gasteiger partial charge in [0, 0.05) is 25.5 Å². The molecule has 3 heterocycles. The first-order chi connectivity index (χ1) is 9.78. The predicted octanol–water partition coefficient (Wildman–Crippen LogP) is 2.38. The van der Waals surface area contributed by atoms with Gasteiger partial charge in [0.15, 0.2) is 0 Å². The van der Waals surface area contributed by atoms with E-state index in [-0.39, 0.29) is 5.91 Å². The lowest BCUT2D eigenvalue weighted by atomic mass is 10.1. The van der Waals surface area contributed by atoms with Crippen LogP contribution in [0.15, 0.2) is 24.9 Å². The molecule has 1 saturated heterocycles. The highest BCUT2D eigenvalue weighted by molar-refractivity contribution is 7.13. The Morgan fingerprint density at radius 1 is 1.55 bits per heavy atom. The third-order valence-corrected chi connectivity index (χ3v) is 4.83. The van der Waals surface area contributed by atoms with Gasteiger partial charge in [-0.25, -0.2) is 9.97 Å². The summed E-state index contributed by atoms with van der Waals surface area (Å²) in [6.07, 6.45) is 10.3. The summed E-state index contributed by atoms with van der Waals surface area (Å²) in [5.74, 6) is 0.118. The third kappa shape index (κ3) is 2.60. The van der Waals surface area contributed by atoms with Crippen LogP contribution in [-0.2, 0) is 6.42 Å². The molecule has 5 nitrogen and oxygen atoms in total. The van der Waals surface area contributed by atoms with Gasteiger partial charge in [-0.15, -0.1) is 11.3 Å². The number of rotatable bonds is 3. The van der Waals surface area contributed by atoms with Crippen molar-refractivity contribution in [3.8, 4) is 0 Å². The summed E-state index contributed by atoms with van der Waals surface area (Å²) in [6.45, 7) is 3.65. The molecule has 2 aromatic heterocycles. The first-order valence-electron chi connectivity index (χ1n) is 6.99. The minimum Gasteiger partial charge on any atom is -0.336 e. The molecule has 0 saturated carbocycles. The minimum atomic E-state index is 0.118. The fraction of sp³-hybridized carbons (Fsp3) is 0.500. The zero-order valence-corrected chi connectivity index (χ0v) is 12.3. The molecule has 20 heavy (non-hydrogen) atoms. The molecule has 1 atom stereocenters. The van der Waals surface area contributed by atoms with Crippen LogP contribution in [0, 0.1) is 0 Å². The Kier molecular flexibility index (Phi) is 3.82. The van der Waals surface area contributed by atoms with Crippen LogP contribution in [0.1, 0.15) is 40.5 Å². The van der Waals surface area contributed by atoms with E-state index in [9.17, 15) is 4.79 Å². The van der Waals surface area contributed by atoms with E-state index in [4.69, 9.17) is 0 Å². The summed E-state index contributed by atoms with van der Waals surface area (Å²) in [5.41, 5.74) is 0. The van der Waals surface area contributed by atoms with Gasteiger partial charge in [-0.1, -0.05) is 6.92 Å². The number of carbonyl (C=O) groups is 1. The van der Waals surface area contributed by atoms with Crippen LogP contribution in [0.5, 0.6) is 0 Å². The van der Waals surface area contributed by atoms with Crippen LogP contribution in [0.25, 0.3) is 0 Å². The molecule has 1 amide bonds. The van der Waals surface area contributed by atoms with E-state index >= 15 is 0 Å². The fourth-order valence-electron chi connectivity index (χ4n) is 2.60. The Balaban J connectivity index is 1.71. The summed E-state index contributed by atoms with van der Waals surface area (Å²) < 4.78 is 2.10. The molecule has 3 rings (SSSR count). The molecule has 1 aliphatic heterocycles. The SMILES string of the molecule is CCc1ncc(C(=O)N2CCC[C@@H](n3ccnc3)C2)s1. The number of hydrogen-bond acceptors (Lipinski definition) is 4. The Labute approximate surface area is 122 Å². The zero-order valence-electron chi connectivity index (χ0n) is 11.5. The van der Waals surface area contributed by atoms with Crippen molar-refractivity contribution in [2.75, 3.05) is 13.1 Å². The average molecular weight is 290 g/mol. The number of thiazole rings is 1. The number of aromatic nitrogens is 3.